The average Bonchev–Trinajstić information content (AvgIpc) is 2.17. The van der Waals surface area contributed by atoms with Crippen molar-refractivity contribution < 1.29 is 4.79 Å². The van der Waals surface area contributed by atoms with Crippen molar-refractivity contribution in [3.05, 3.63) is 35.9 Å². The Kier molecular flexibility index (Phi) is 3.51. The number of rotatable bonds is 3. The molecule has 1 nitrogen and oxygen atoms in total. The molecular formula is C10H10BrClO. The molecule has 0 aliphatic carbocycles. The predicted octanol–water partition coefficient (Wildman–Crippen LogP) is 3.10. The fourth-order valence-corrected chi connectivity index (χ4v) is 1.96. The van der Waals surface area contributed by atoms with Gasteiger partial charge in [0.25, 0.3) is 0 Å². The van der Waals surface area contributed by atoms with Crippen LogP contribution in [0.25, 0.3) is 0 Å². The van der Waals surface area contributed by atoms with E-state index in [-0.39, 0.29) is 5.24 Å². The van der Waals surface area contributed by atoms with E-state index in [1.54, 1.807) is 0 Å². The van der Waals surface area contributed by atoms with Gasteiger partial charge in [0.15, 0.2) is 0 Å². The normalized spacial score (nSPS) is 15.0. The van der Waals surface area contributed by atoms with Gasteiger partial charge in [-0.2, -0.15) is 0 Å². The third-order valence-corrected chi connectivity index (χ3v) is 3.65. The summed E-state index contributed by atoms with van der Waals surface area (Å²) >= 11 is 8.85. The van der Waals surface area contributed by atoms with Crippen LogP contribution in [-0.2, 0) is 10.2 Å². The van der Waals surface area contributed by atoms with Crippen LogP contribution in [0.3, 0.4) is 0 Å². The Morgan fingerprint density at radius 1 is 1.46 bits per heavy atom. The Hall–Kier alpha value is -0.340. The zero-order valence-electron chi connectivity index (χ0n) is 7.26. The molecule has 0 radical (unpaired) electrons. The molecule has 0 aromatic heterocycles. The molecule has 1 rings (SSSR count). The Morgan fingerprint density at radius 3 is 2.38 bits per heavy atom. The molecule has 1 aromatic rings. The highest BCUT2D eigenvalue weighted by Crippen LogP contribution is 2.28. The number of carbonyl (C=O) groups is 1. The second kappa shape index (κ2) is 4.25. The van der Waals surface area contributed by atoms with Crippen molar-refractivity contribution in [2.45, 2.75) is 12.3 Å². The lowest BCUT2D eigenvalue weighted by Crippen LogP contribution is -2.30. The van der Waals surface area contributed by atoms with Crippen molar-refractivity contribution in [3.8, 4) is 0 Å². The Morgan fingerprint density at radius 2 is 2.00 bits per heavy atom. The quantitative estimate of drug-likeness (QED) is 0.603. The van der Waals surface area contributed by atoms with E-state index in [2.05, 4.69) is 15.9 Å². The number of hydrogen-bond donors (Lipinski definition) is 0. The molecule has 0 fully saturated rings. The third kappa shape index (κ3) is 2.12. The molecule has 0 spiro atoms. The lowest BCUT2D eigenvalue weighted by molar-refractivity contribution is -0.115. The molecule has 0 amide bonds. The van der Waals surface area contributed by atoms with E-state index in [4.69, 9.17) is 11.6 Å². The van der Waals surface area contributed by atoms with Gasteiger partial charge in [-0.05, 0) is 24.1 Å². The molecule has 0 bridgehead atoms. The first kappa shape index (κ1) is 10.7. The molecule has 1 atom stereocenters. The summed E-state index contributed by atoms with van der Waals surface area (Å²) in [5.74, 6) is 0. The van der Waals surface area contributed by atoms with Crippen LogP contribution in [-0.4, -0.2) is 10.6 Å². The van der Waals surface area contributed by atoms with Crippen LogP contribution in [0.5, 0.6) is 0 Å². The van der Waals surface area contributed by atoms with Crippen molar-refractivity contribution in [2.75, 3.05) is 5.33 Å². The number of benzene rings is 1. The van der Waals surface area contributed by atoms with Gasteiger partial charge in [-0.15, -0.1) is 0 Å². The van der Waals surface area contributed by atoms with Crippen LogP contribution in [0.1, 0.15) is 12.5 Å². The van der Waals surface area contributed by atoms with Crippen LogP contribution < -0.4 is 0 Å². The highest BCUT2D eigenvalue weighted by Gasteiger charge is 2.32. The maximum absolute atomic E-state index is 11.2. The standard InChI is InChI=1S/C10H10BrClO/c1-10(7-11,9(12)13)8-5-3-2-4-6-8/h2-6H,7H2,1H3. The van der Waals surface area contributed by atoms with Crippen LogP contribution in [0.4, 0.5) is 0 Å². The molecule has 0 saturated heterocycles. The minimum Gasteiger partial charge on any atom is -0.280 e. The van der Waals surface area contributed by atoms with Gasteiger partial charge in [-0.3, -0.25) is 4.79 Å². The van der Waals surface area contributed by atoms with E-state index in [1.807, 2.05) is 37.3 Å². The Labute approximate surface area is 91.2 Å². The van der Waals surface area contributed by atoms with Crippen molar-refractivity contribution in [3.63, 3.8) is 0 Å². The first-order valence-electron chi connectivity index (χ1n) is 3.92. The molecule has 0 heterocycles. The Balaban J connectivity index is 3.11. The first-order chi connectivity index (χ1) is 6.11. The summed E-state index contributed by atoms with van der Waals surface area (Å²) < 4.78 is 0. The summed E-state index contributed by atoms with van der Waals surface area (Å²) in [5.41, 5.74) is 0.315. The lowest BCUT2D eigenvalue weighted by Gasteiger charge is -2.22. The van der Waals surface area contributed by atoms with Gasteiger partial charge in [-0.1, -0.05) is 46.3 Å². The van der Waals surface area contributed by atoms with Crippen molar-refractivity contribution in [1.82, 2.24) is 0 Å². The van der Waals surface area contributed by atoms with E-state index in [0.717, 1.165) is 5.56 Å². The second-order valence-corrected chi connectivity index (χ2v) is 4.01. The Bertz CT molecular complexity index is 299. The summed E-state index contributed by atoms with van der Waals surface area (Å²) in [7, 11) is 0. The highest BCUT2D eigenvalue weighted by molar-refractivity contribution is 9.09. The molecule has 3 heteroatoms. The van der Waals surface area contributed by atoms with Gasteiger partial charge in [0.05, 0.1) is 5.41 Å². The lowest BCUT2D eigenvalue weighted by atomic mass is 9.86. The highest BCUT2D eigenvalue weighted by atomic mass is 79.9. The first-order valence-corrected chi connectivity index (χ1v) is 5.42. The van der Waals surface area contributed by atoms with Gasteiger partial charge < -0.3 is 0 Å². The molecule has 0 aliphatic heterocycles. The molecule has 0 aliphatic rings. The largest absolute Gasteiger partial charge is 0.280 e. The average molecular weight is 262 g/mol. The van der Waals surface area contributed by atoms with E-state index in [9.17, 15) is 4.79 Å². The molecule has 70 valence electrons. The summed E-state index contributed by atoms with van der Waals surface area (Å²) in [6.07, 6.45) is 0. The number of carbonyl (C=O) groups excluding carboxylic acids is 1. The summed E-state index contributed by atoms with van der Waals surface area (Å²) in [4.78, 5) is 11.2. The molecule has 13 heavy (non-hydrogen) atoms. The van der Waals surface area contributed by atoms with E-state index in [1.165, 1.54) is 0 Å². The van der Waals surface area contributed by atoms with Crippen LogP contribution in [0, 0.1) is 0 Å². The maximum Gasteiger partial charge on any atom is 0.232 e. The zero-order chi connectivity index (χ0) is 9.90. The zero-order valence-corrected chi connectivity index (χ0v) is 9.60. The van der Waals surface area contributed by atoms with Gasteiger partial charge in [0.1, 0.15) is 0 Å². The van der Waals surface area contributed by atoms with Gasteiger partial charge in [-0.25, -0.2) is 0 Å². The monoisotopic (exact) mass is 260 g/mol. The van der Waals surface area contributed by atoms with Gasteiger partial charge in [0.2, 0.25) is 5.24 Å². The maximum atomic E-state index is 11.2. The molecular weight excluding hydrogens is 251 g/mol. The topological polar surface area (TPSA) is 17.1 Å². The van der Waals surface area contributed by atoms with E-state index < -0.39 is 5.41 Å². The predicted molar refractivity (Wildman–Crippen MR) is 58.4 cm³/mol. The van der Waals surface area contributed by atoms with Crippen molar-refractivity contribution >= 4 is 32.8 Å². The molecule has 1 unspecified atom stereocenters. The summed E-state index contributed by atoms with van der Waals surface area (Å²) in [5, 5.41) is 0.197. The second-order valence-electron chi connectivity index (χ2n) is 3.11. The SMILES string of the molecule is CC(CBr)(C(=O)Cl)c1ccccc1. The minimum absolute atomic E-state index is 0.337. The van der Waals surface area contributed by atoms with E-state index >= 15 is 0 Å². The van der Waals surface area contributed by atoms with Crippen LogP contribution in [0.15, 0.2) is 30.3 Å². The van der Waals surface area contributed by atoms with Crippen LogP contribution in [0.2, 0.25) is 0 Å². The minimum atomic E-state index is -0.622. The summed E-state index contributed by atoms with van der Waals surface area (Å²) in [6, 6.07) is 9.52. The third-order valence-electron chi connectivity index (χ3n) is 2.11. The smallest absolute Gasteiger partial charge is 0.232 e. The fraction of sp³-hybridized carbons (Fsp3) is 0.300. The number of hydrogen-bond acceptors (Lipinski definition) is 1. The fourth-order valence-electron chi connectivity index (χ4n) is 1.05. The summed E-state index contributed by atoms with van der Waals surface area (Å²) in [6.45, 7) is 1.83. The van der Waals surface area contributed by atoms with E-state index in [0.29, 0.717) is 5.33 Å². The molecule has 0 N–H and O–H groups in total. The van der Waals surface area contributed by atoms with Gasteiger partial charge >= 0.3 is 0 Å². The number of halogens is 2. The van der Waals surface area contributed by atoms with Crippen molar-refractivity contribution in [1.29, 1.82) is 0 Å². The number of alkyl halides is 1. The molecule has 0 saturated carbocycles. The molecule has 1 aromatic carbocycles. The van der Waals surface area contributed by atoms with Crippen molar-refractivity contribution in [2.24, 2.45) is 0 Å². The van der Waals surface area contributed by atoms with Gasteiger partial charge in [0, 0.05) is 5.33 Å². The van der Waals surface area contributed by atoms with Crippen LogP contribution >= 0.6 is 27.5 Å².